The van der Waals surface area contributed by atoms with Gasteiger partial charge in [0.05, 0.1) is 29.7 Å². The molecule has 2 N–H and O–H groups in total. The second-order valence-electron chi connectivity index (χ2n) is 9.99. The molecule has 1 aliphatic heterocycles. The molecule has 3 aromatic rings. The number of nitrogens with zero attached hydrogens (tertiary/aromatic N) is 1. The quantitative estimate of drug-likeness (QED) is 0.388. The number of aliphatic hydroxyl groups is 1. The molecular weight excluding hydrogens is 502 g/mol. The number of nitrogens with one attached hydrogen (secondary N) is 1. The summed E-state index contributed by atoms with van der Waals surface area (Å²) in [5.41, 5.74) is 0.198. The van der Waals surface area contributed by atoms with Gasteiger partial charge in [-0.25, -0.2) is 8.78 Å². The number of methoxy groups -OCH3 is 1. The Morgan fingerprint density at radius 3 is 2.70 bits per heavy atom. The van der Waals surface area contributed by atoms with E-state index in [1.165, 1.54) is 24.4 Å². The third-order valence-electron chi connectivity index (χ3n) is 7.70. The number of aliphatic hydroxyl groups excluding tert-OH is 1. The second-order valence-corrected chi connectivity index (χ2v) is 10.4. The predicted octanol–water partition coefficient (Wildman–Crippen LogP) is 5.24. The van der Waals surface area contributed by atoms with Gasteiger partial charge in [0.15, 0.2) is 0 Å². The van der Waals surface area contributed by atoms with Crippen molar-refractivity contribution in [2.24, 2.45) is 5.92 Å². The average Bonchev–Trinajstić information content (AvgIpc) is 3.40. The highest BCUT2D eigenvalue weighted by Crippen LogP contribution is 2.51. The molecule has 1 saturated heterocycles. The molecule has 6 nitrogen and oxygen atoms in total. The minimum atomic E-state index is -1.01. The van der Waals surface area contributed by atoms with Crippen molar-refractivity contribution in [3.05, 3.63) is 70.4 Å². The van der Waals surface area contributed by atoms with E-state index < -0.39 is 29.3 Å². The summed E-state index contributed by atoms with van der Waals surface area (Å²) >= 11 is 6.46. The molecule has 9 heteroatoms. The highest BCUT2D eigenvalue weighted by molar-refractivity contribution is 6.32. The molecule has 0 amide bonds. The van der Waals surface area contributed by atoms with Crippen LogP contribution >= 0.6 is 11.6 Å². The van der Waals surface area contributed by atoms with Gasteiger partial charge in [0.1, 0.15) is 23.5 Å². The van der Waals surface area contributed by atoms with Crippen molar-refractivity contribution in [3.8, 4) is 5.75 Å². The summed E-state index contributed by atoms with van der Waals surface area (Å²) in [6, 6.07) is 9.11. The summed E-state index contributed by atoms with van der Waals surface area (Å²) in [7, 11) is 1.55. The molecule has 1 aliphatic carbocycles. The van der Waals surface area contributed by atoms with Crippen molar-refractivity contribution in [1.82, 2.24) is 10.3 Å². The zero-order valence-corrected chi connectivity index (χ0v) is 21.2. The van der Waals surface area contributed by atoms with E-state index in [-0.39, 0.29) is 43.1 Å². The average molecular weight is 531 g/mol. The van der Waals surface area contributed by atoms with E-state index in [2.05, 4.69) is 10.3 Å². The third-order valence-corrected chi connectivity index (χ3v) is 8.01. The van der Waals surface area contributed by atoms with Crippen LogP contribution in [-0.2, 0) is 14.9 Å². The lowest BCUT2D eigenvalue weighted by Crippen LogP contribution is -2.48. The van der Waals surface area contributed by atoms with Crippen LogP contribution in [0.3, 0.4) is 0 Å². The number of aromatic nitrogens is 1. The predicted molar refractivity (Wildman–Crippen MR) is 136 cm³/mol. The number of hydrogen-bond donors (Lipinski definition) is 2. The van der Waals surface area contributed by atoms with E-state index in [9.17, 15) is 18.7 Å². The van der Waals surface area contributed by atoms with Gasteiger partial charge in [0, 0.05) is 34.7 Å². The van der Waals surface area contributed by atoms with Gasteiger partial charge in [-0.1, -0.05) is 17.7 Å². The Labute approximate surface area is 218 Å². The molecule has 5 rings (SSSR count). The molecule has 0 spiro atoms. The monoisotopic (exact) mass is 530 g/mol. The second kappa shape index (κ2) is 10.5. The molecule has 2 heterocycles. The molecule has 2 atom stereocenters. The van der Waals surface area contributed by atoms with Crippen LogP contribution in [0, 0.1) is 17.6 Å². The van der Waals surface area contributed by atoms with Crippen LogP contribution in [0.15, 0.2) is 42.6 Å². The van der Waals surface area contributed by atoms with E-state index in [0.717, 1.165) is 13.0 Å². The molecule has 0 bridgehead atoms. The largest absolute Gasteiger partial charge is 0.497 e. The number of fused-ring (bicyclic) bond motifs is 1. The Morgan fingerprint density at radius 2 is 2.03 bits per heavy atom. The van der Waals surface area contributed by atoms with Gasteiger partial charge in [-0.05, 0) is 69.0 Å². The van der Waals surface area contributed by atoms with Crippen LogP contribution in [0.25, 0.3) is 10.9 Å². The highest BCUT2D eigenvalue weighted by Gasteiger charge is 2.50. The van der Waals surface area contributed by atoms with Gasteiger partial charge in [0.2, 0.25) is 0 Å². The zero-order chi connectivity index (χ0) is 26.2. The summed E-state index contributed by atoms with van der Waals surface area (Å²) < 4.78 is 40.9. The lowest BCUT2D eigenvalue weighted by Gasteiger charge is -2.48. The summed E-state index contributed by atoms with van der Waals surface area (Å²) in [5, 5.41) is 15.3. The maximum Gasteiger partial charge on any atom is 0.310 e. The molecule has 0 radical (unpaired) electrons. The van der Waals surface area contributed by atoms with Crippen molar-refractivity contribution in [1.29, 1.82) is 0 Å². The Balaban J connectivity index is 1.39. The fourth-order valence-corrected chi connectivity index (χ4v) is 6.02. The summed E-state index contributed by atoms with van der Waals surface area (Å²) in [5.74, 6) is -1.16. The molecule has 2 aromatic carbocycles. The smallest absolute Gasteiger partial charge is 0.310 e. The summed E-state index contributed by atoms with van der Waals surface area (Å²) in [4.78, 5) is 16.8. The van der Waals surface area contributed by atoms with Crippen LogP contribution in [-0.4, -0.2) is 42.4 Å². The Morgan fingerprint density at radius 1 is 1.27 bits per heavy atom. The summed E-state index contributed by atoms with van der Waals surface area (Å²) in [6.07, 6.45) is 1.78. The van der Waals surface area contributed by atoms with Crippen molar-refractivity contribution in [2.75, 3.05) is 20.2 Å². The van der Waals surface area contributed by atoms with Crippen LogP contribution in [0.4, 0.5) is 8.78 Å². The third kappa shape index (κ3) is 5.02. The molecule has 2 unspecified atom stereocenters. The Kier molecular flexibility index (Phi) is 7.34. The Bertz CT molecular complexity index is 1290. The molecule has 2 fully saturated rings. The van der Waals surface area contributed by atoms with E-state index in [1.54, 1.807) is 25.3 Å². The molecule has 37 heavy (non-hydrogen) atoms. The minimum Gasteiger partial charge on any atom is -0.497 e. The maximum atomic E-state index is 14.9. The topological polar surface area (TPSA) is 80.7 Å². The zero-order valence-electron chi connectivity index (χ0n) is 20.5. The van der Waals surface area contributed by atoms with Crippen molar-refractivity contribution in [2.45, 2.75) is 49.7 Å². The standard InChI is InChI=1S/C28H29ClF2N2O4/c1-36-17-5-6-23-19(11-17)25(20(29)15-33-23)24(34)7-9-28(26-21(30)3-2-4-22(26)31)12-18(13-28)37-27(35)16-8-10-32-14-16/h2-6,11,15-16,18,24,32,34H,7-10,12-14H2,1H3. The van der Waals surface area contributed by atoms with Crippen molar-refractivity contribution >= 4 is 28.5 Å². The minimum absolute atomic E-state index is 0.0237. The lowest BCUT2D eigenvalue weighted by molar-refractivity contribution is -0.162. The van der Waals surface area contributed by atoms with Gasteiger partial charge in [-0.2, -0.15) is 0 Å². The van der Waals surface area contributed by atoms with E-state index in [4.69, 9.17) is 21.1 Å². The van der Waals surface area contributed by atoms with Crippen LogP contribution in [0.2, 0.25) is 5.02 Å². The van der Waals surface area contributed by atoms with Crippen LogP contribution < -0.4 is 10.1 Å². The van der Waals surface area contributed by atoms with Crippen molar-refractivity contribution in [3.63, 3.8) is 0 Å². The molecule has 2 aliphatic rings. The molecule has 1 saturated carbocycles. The van der Waals surface area contributed by atoms with Crippen LogP contribution in [0.5, 0.6) is 5.75 Å². The Hall–Kier alpha value is -2.81. The molecular formula is C28H29ClF2N2O4. The number of hydrogen-bond acceptors (Lipinski definition) is 6. The highest BCUT2D eigenvalue weighted by atomic mass is 35.5. The van der Waals surface area contributed by atoms with E-state index >= 15 is 0 Å². The first-order chi connectivity index (χ1) is 17.8. The van der Waals surface area contributed by atoms with E-state index in [0.29, 0.717) is 33.8 Å². The van der Waals surface area contributed by atoms with E-state index in [1.807, 2.05) is 0 Å². The van der Waals surface area contributed by atoms with Gasteiger partial charge < -0.3 is 19.9 Å². The normalized spacial score (nSPS) is 24.0. The van der Waals surface area contributed by atoms with Gasteiger partial charge in [-0.15, -0.1) is 0 Å². The first kappa shape index (κ1) is 25.8. The number of carbonyl (C=O) groups is 1. The molecule has 1 aromatic heterocycles. The fraction of sp³-hybridized carbons (Fsp3) is 0.429. The molecule has 196 valence electrons. The van der Waals surface area contributed by atoms with Crippen LogP contribution in [0.1, 0.15) is 49.3 Å². The number of halogens is 3. The first-order valence-corrected chi connectivity index (χ1v) is 12.8. The number of ether oxygens (including phenoxy) is 2. The maximum absolute atomic E-state index is 14.9. The first-order valence-electron chi connectivity index (χ1n) is 12.5. The van der Waals surface area contributed by atoms with Gasteiger partial charge >= 0.3 is 5.97 Å². The number of benzene rings is 2. The summed E-state index contributed by atoms with van der Waals surface area (Å²) in [6.45, 7) is 1.35. The number of rotatable bonds is 8. The van der Waals surface area contributed by atoms with Gasteiger partial charge in [-0.3, -0.25) is 9.78 Å². The number of esters is 1. The SMILES string of the molecule is COc1ccc2ncc(Cl)c(C(O)CCC3(c4c(F)cccc4F)CC(OC(=O)C4CCNC4)C3)c2c1. The lowest BCUT2D eigenvalue weighted by atomic mass is 9.59. The van der Waals surface area contributed by atoms with Crippen molar-refractivity contribution < 1.29 is 28.2 Å². The number of pyridine rings is 1. The van der Waals surface area contributed by atoms with Gasteiger partial charge in [0.25, 0.3) is 0 Å². The number of carbonyl (C=O) groups excluding carboxylic acids is 1. The fourth-order valence-electron chi connectivity index (χ4n) is 5.74.